The summed E-state index contributed by atoms with van der Waals surface area (Å²) in [5.41, 5.74) is 13.8. The van der Waals surface area contributed by atoms with E-state index in [9.17, 15) is 0 Å². The standard InChI is InChI=1S/C11H15N.C10H15N/c12-7-6-10-8-11(10)9-4-2-1-3-5-9;11-9-5-4-8-10-6-2-1-3-7-10/h1-5,10-11H,6-8,12H2;1-3,6-7H,4-5,8-9,11H2. The Labute approximate surface area is 140 Å². The third kappa shape index (κ3) is 6.55. The molecule has 3 rings (SSSR count). The largest absolute Gasteiger partial charge is 0.330 e. The summed E-state index contributed by atoms with van der Waals surface area (Å²) < 4.78 is 0. The van der Waals surface area contributed by atoms with E-state index in [2.05, 4.69) is 54.6 Å². The maximum Gasteiger partial charge on any atom is -0.00744 e. The van der Waals surface area contributed by atoms with Gasteiger partial charge in [0.1, 0.15) is 0 Å². The van der Waals surface area contributed by atoms with E-state index in [1.54, 1.807) is 0 Å². The zero-order chi connectivity index (χ0) is 16.3. The second kappa shape index (κ2) is 10.2. The first kappa shape index (κ1) is 17.7. The fourth-order valence-corrected chi connectivity index (χ4v) is 3.01. The lowest BCUT2D eigenvalue weighted by Gasteiger charge is -1.98. The van der Waals surface area contributed by atoms with Crippen LogP contribution in [0.5, 0.6) is 0 Å². The number of benzene rings is 2. The minimum absolute atomic E-state index is 0.812. The van der Waals surface area contributed by atoms with Crippen molar-refractivity contribution in [2.75, 3.05) is 13.1 Å². The normalized spacial score (nSPS) is 18.9. The monoisotopic (exact) mass is 310 g/mol. The van der Waals surface area contributed by atoms with Gasteiger partial charge in [-0.3, -0.25) is 0 Å². The fraction of sp³-hybridized carbons (Fsp3) is 0.429. The molecule has 1 aliphatic rings. The van der Waals surface area contributed by atoms with Crippen LogP contribution in [0.3, 0.4) is 0 Å². The Bertz CT molecular complexity index is 524. The second-order valence-corrected chi connectivity index (χ2v) is 6.32. The molecule has 0 bridgehead atoms. The number of unbranched alkanes of at least 4 members (excludes halogenated alkanes) is 1. The molecule has 124 valence electrons. The molecule has 2 heteroatoms. The summed E-state index contributed by atoms with van der Waals surface area (Å²) in [6.45, 7) is 1.65. The van der Waals surface area contributed by atoms with Gasteiger partial charge in [-0.25, -0.2) is 0 Å². The van der Waals surface area contributed by atoms with Gasteiger partial charge in [-0.2, -0.15) is 0 Å². The molecule has 1 saturated carbocycles. The molecule has 2 atom stereocenters. The van der Waals surface area contributed by atoms with Crippen LogP contribution in [0.2, 0.25) is 0 Å². The van der Waals surface area contributed by atoms with Gasteiger partial charge in [0.15, 0.2) is 0 Å². The van der Waals surface area contributed by atoms with Gasteiger partial charge < -0.3 is 11.5 Å². The molecule has 4 N–H and O–H groups in total. The molecule has 2 aromatic rings. The van der Waals surface area contributed by atoms with Crippen LogP contribution in [0.4, 0.5) is 0 Å². The van der Waals surface area contributed by atoms with Crippen molar-refractivity contribution in [1.29, 1.82) is 0 Å². The number of aryl methyl sites for hydroxylation is 1. The van der Waals surface area contributed by atoms with Crippen molar-refractivity contribution >= 4 is 0 Å². The van der Waals surface area contributed by atoms with E-state index in [0.29, 0.717) is 0 Å². The topological polar surface area (TPSA) is 52.0 Å². The number of rotatable bonds is 7. The maximum atomic E-state index is 5.51. The van der Waals surface area contributed by atoms with Crippen molar-refractivity contribution in [3.05, 3.63) is 71.8 Å². The highest BCUT2D eigenvalue weighted by Gasteiger charge is 2.36. The summed E-state index contributed by atoms with van der Waals surface area (Å²) in [4.78, 5) is 0. The molecule has 0 radical (unpaired) electrons. The highest BCUT2D eigenvalue weighted by atomic mass is 14.5. The fourth-order valence-electron chi connectivity index (χ4n) is 3.01. The van der Waals surface area contributed by atoms with E-state index in [-0.39, 0.29) is 0 Å². The van der Waals surface area contributed by atoms with Crippen LogP contribution in [0, 0.1) is 5.92 Å². The molecule has 0 aromatic heterocycles. The Morgan fingerprint density at radius 1 is 0.783 bits per heavy atom. The summed E-state index contributed by atoms with van der Waals surface area (Å²) in [6, 6.07) is 21.3. The van der Waals surface area contributed by atoms with Crippen LogP contribution in [0.15, 0.2) is 60.7 Å². The summed E-state index contributed by atoms with van der Waals surface area (Å²) >= 11 is 0. The van der Waals surface area contributed by atoms with E-state index < -0.39 is 0 Å². The third-order valence-electron chi connectivity index (χ3n) is 4.45. The van der Waals surface area contributed by atoms with Crippen molar-refractivity contribution in [2.24, 2.45) is 17.4 Å². The number of hydrogen-bond donors (Lipinski definition) is 2. The molecule has 2 nitrogen and oxygen atoms in total. The summed E-state index contributed by atoms with van der Waals surface area (Å²) in [5, 5.41) is 0. The molecular weight excluding hydrogens is 280 g/mol. The summed E-state index contributed by atoms with van der Waals surface area (Å²) in [5.74, 6) is 1.69. The molecule has 0 saturated heterocycles. The van der Waals surface area contributed by atoms with Crippen LogP contribution in [0.1, 0.15) is 42.7 Å². The SMILES string of the molecule is NCCC1CC1c1ccccc1.NCCCCc1ccccc1. The summed E-state index contributed by atoms with van der Waals surface area (Å²) in [6.07, 6.45) is 6.05. The van der Waals surface area contributed by atoms with E-state index in [1.165, 1.54) is 30.4 Å². The van der Waals surface area contributed by atoms with Crippen molar-refractivity contribution in [3.8, 4) is 0 Å². The van der Waals surface area contributed by atoms with Gasteiger partial charge in [0.05, 0.1) is 0 Å². The Hall–Kier alpha value is -1.64. The minimum Gasteiger partial charge on any atom is -0.330 e. The lowest BCUT2D eigenvalue weighted by atomic mass is 10.1. The zero-order valence-electron chi connectivity index (χ0n) is 14.0. The first-order chi connectivity index (χ1) is 11.3. The first-order valence-corrected chi connectivity index (χ1v) is 8.84. The van der Waals surface area contributed by atoms with Crippen molar-refractivity contribution in [1.82, 2.24) is 0 Å². The maximum absolute atomic E-state index is 5.51. The van der Waals surface area contributed by atoms with Crippen LogP contribution in [-0.2, 0) is 6.42 Å². The van der Waals surface area contributed by atoms with Crippen LogP contribution in [-0.4, -0.2) is 13.1 Å². The van der Waals surface area contributed by atoms with E-state index >= 15 is 0 Å². The van der Waals surface area contributed by atoms with Crippen LogP contribution < -0.4 is 11.5 Å². The average Bonchev–Trinajstić information content (AvgIpc) is 3.37. The minimum atomic E-state index is 0.812. The Kier molecular flexibility index (Phi) is 7.85. The van der Waals surface area contributed by atoms with Crippen LogP contribution in [0.25, 0.3) is 0 Å². The Morgan fingerprint density at radius 2 is 1.43 bits per heavy atom. The highest BCUT2D eigenvalue weighted by molar-refractivity contribution is 5.25. The van der Waals surface area contributed by atoms with Crippen molar-refractivity contribution in [2.45, 2.75) is 38.0 Å². The molecule has 2 unspecified atom stereocenters. The third-order valence-corrected chi connectivity index (χ3v) is 4.45. The molecule has 2 aromatic carbocycles. The predicted molar refractivity (Wildman–Crippen MR) is 99.4 cm³/mol. The van der Waals surface area contributed by atoms with E-state index in [0.717, 1.165) is 37.8 Å². The van der Waals surface area contributed by atoms with E-state index in [1.807, 2.05) is 6.07 Å². The lowest BCUT2D eigenvalue weighted by Crippen LogP contribution is -1.99. The predicted octanol–water partition coefficient (Wildman–Crippen LogP) is 4.11. The van der Waals surface area contributed by atoms with Crippen molar-refractivity contribution in [3.63, 3.8) is 0 Å². The number of nitrogens with two attached hydrogens (primary N) is 2. The highest BCUT2D eigenvalue weighted by Crippen LogP contribution is 2.48. The van der Waals surface area contributed by atoms with E-state index in [4.69, 9.17) is 11.5 Å². The van der Waals surface area contributed by atoms with Gasteiger partial charge in [-0.1, -0.05) is 60.7 Å². The second-order valence-electron chi connectivity index (χ2n) is 6.32. The summed E-state index contributed by atoms with van der Waals surface area (Å²) in [7, 11) is 0. The molecule has 1 fully saturated rings. The quantitative estimate of drug-likeness (QED) is 0.756. The van der Waals surface area contributed by atoms with Gasteiger partial charge in [0, 0.05) is 0 Å². The molecule has 0 amide bonds. The Balaban J connectivity index is 0.000000168. The lowest BCUT2D eigenvalue weighted by molar-refractivity contribution is 0.715. The Morgan fingerprint density at radius 3 is 2.04 bits per heavy atom. The van der Waals surface area contributed by atoms with Gasteiger partial charge in [-0.05, 0) is 68.2 Å². The molecule has 23 heavy (non-hydrogen) atoms. The molecular formula is C21H30N2. The van der Waals surface area contributed by atoms with Gasteiger partial charge in [0.2, 0.25) is 0 Å². The number of hydrogen-bond acceptors (Lipinski definition) is 2. The zero-order valence-corrected chi connectivity index (χ0v) is 14.0. The first-order valence-electron chi connectivity index (χ1n) is 8.84. The molecule has 1 aliphatic carbocycles. The molecule has 0 spiro atoms. The smallest absolute Gasteiger partial charge is 0.00744 e. The van der Waals surface area contributed by atoms with Gasteiger partial charge in [-0.15, -0.1) is 0 Å². The average molecular weight is 310 g/mol. The van der Waals surface area contributed by atoms with Crippen LogP contribution >= 0.6 is 0 Å². The van der Waals surface area contributed by atoms with Crippen molar-refractivity contribution < 1.29 is 0 Å². The molecule has 0 aliphatic heterocycles. The van der Waals surface area contributed by atoms with Gasteiger partial charge in [0.25, 0.3) is 0 Å². The molecule has 0 heterocycles. The van der Waals surface area contributed by atoms with Gasteiger partial charge >= 0.3 is 0 Å².